The summed E-state index contributed by atoms with van der Waals surface area (Å²) < 4.78 is 0. The summed E-state index contributed by atoms with van der Waals surface area (Å²) >= 11 is 1.66. The van der Waals surface area contributed by atoms with Crippen molar-refractivity contribution in [3.05, 3.63) is 77.9 Å². The fraction of sp³-hybridized carbons (Fsp3) is 0.143. The maximum absolute atomic E-state index is 4.63. The van der Waals surface area contributed by atoms with Crippen molar-refractivity contribution < 1.29 is 0 Å². The van der Waals surface area contributed by atoms with E-state index in [1.165, 1.54) is 21.9 Å². The van der Waals surface area contributed by atoms with Gasteiger partial charge in [-0.2, -0.15) is 0 Å². The topological polar surface area (TPSA) is 41.6 Å². The fourth-order valence-electron chi connectivity index (χ4n) is 2.90. The number of aromatic amines is 1. The van der Waals surface area contributed by atoms with E-state index in [-0.39, 0.29) is 0 Å². The number of hydrogen-bond acceptors (Lipinski definition) is 3. The highest BCUT2D eigenvalue weighted by Crippen LogP contribution is 2.26. The van der Waals surface area contributed by atoms with Crippen LogP contribution in [0, 0.1) is 0 Å². The average Bonchev–Trinajstić information content (AvgIpc) is 3.15. The lowest BCUT2D eigenvalue weighted by Crippen LogP contribution is -1.85. The van der Waals surface area contributed by atoms with E-state index in [9.17, 15) is 0 Å². The number of nitrogens with zero attached hydrogens (tertiary/aromatic N) is 2. The van der Waals surface area contributed by atoms with E-state index >= 15 is 0 Å². The first-order valence-electron chi connectivity index (χ1n) is 8.44. The molecule has 4 aromatic rings. The molecule has 0 fully saturated rings. The van der Waals surface area contributed by atoms with Crippen molar-refractivity contribution in [1.29, 1.82) is 0 Å². The van der Waals surface area contributed by atoms with E-state index in [2.05, 4.69) is 88.8 Å². The van der Waals surface area contributed by atoms with Gasteiger partial charge in [0.25, 0.3) is 0 Å². The van der Waals surface area contributed by atoms with Gasteiger partial charge in [0.05, 0.1) is 0 Å². The molecule has 3 aromatic carbocycles. The maximum atomic E-state index is 4.63. The molecule has 0 unspecified atom stereocenters. The molecule has 1 N–H and O–H groups in total. The van der Waals surface area contributed by atoms with Crippen LogP contribution in [0.2, 0.25) is 0 Å². The largest absolute Gasteiger partial charge is 0.258 e. The Morgan fingerprint density at radius 1 is 0.920 bits per heavy atom. The average molecular weight is 345 g/mol. The Bertz CT molecular complexity index is 984. The molecule has 0 saturated carbocycles. The highest BCUT2D eigenvalue weighted by Gasteiger charge is 2.08. The molecule has 0 aliphatic carbocycles. The number of rotatable bonds is 5. The molecule has 0 amide bonds. The van der Waals surface area contributed by atoms with E-state index in [1.54, 1.807) is 11.8 Å². The van der Waals surface area contributed by atoms with Crippen LogP contribution in [0.15, 0.2) is 71.9 Å². The molecule has 1 heterocycles. The molecular formula is C21H19N3S. The molecule has 0 spiro atoms. The van der Waals surface area contributed by atoms with Crippen molar-refractivity contribution in [1.82, 2.24) is 15.2 Å². The molecule has 124 valence electrons. The third kappa shape index (κ3) is 3.44. The molecule has 0 bridgehead atoms. The van der Waals surface area contributed by atoms with Gasteiger partial charge in [-0.3, -0.25) is 5.10 Å². The number of benzene rings is 3. The molecule has 4 heteroatoms. The Morgan fingerprint density at radius 2 is 1.72 bits per heavy atom. The monoisotopic (exact) mass is 345 g/mol. The zero-order valence-corrected chi connectivity index (χ0v) is 14.9. The van der Waals surface area contributed by atoms with Gasteiger partial charge >= 0.3 is 0 Å². The highest BCUT2D eigenvalue weighted by atomic mass is 32.2. The summed E-state index contributed by atoms with van der Waals surface area (Å²) in [7, 11) is 0. The molecule has 0 atom stereocenters. The number of nitrogens with one attached hydrogen (secondary N) is 1. The van der Waals surface area contributed by atoms with Gasteiger partial charge in [0.2, 0.25) is 5.16 Å². The number of aromatic nitrogens is 3. The van der Waals surface area contributed by atoms with Crippen molar-refractivity contribution in [2.45, 2.75) is 24.3 Å². The minimum Gasteiger partial charge on any atom is -0.258 e. The molecular weight excluding hydrogens is 326 g/mol. The third-order valence-electron chi connectivity index (χ3n) is 4.34. The Morgan fingerprint density at radius 3 is 2.56 bits per heavy atom. The molecule has 4 rings (SSSR count). The minimum absolute atomic E-state index is 0.780. The first kappa shape index (κ1) is 15.9. The van der Waals surface area contributed by atoms with E-state index in [4.69, 9.17) is 0 Å². The van der Waals surface area contributed by atoms with Crippen molar-refractivity contribution in [3.8, 4) is 11.4 Å². The highest BCUT2D eigenvalue weighted by molar-refractivity contribution is 7.98. The number of thioether (sulfide) groups is 1. The number of hydrogen-bond donors (Lipinski definition) is 1. The molecule has 0 aliphatic rings. The van der Waals surface area contributed by atoms with Crippen LogP contribution in [-0.4, -0.2) is 15.2 Å². The van der Waals surface area contributed by atoms with E-state index in [1.807, 2.05) is 0 Å². The molecule has 1 aromatic heterocycles. The van der Waals surface area contributed by atoms with Crippen LogP contribution in [0.3, 0.4) is 0 Å². The summed E-state index contributed by atoms with van der Waals surface area (Å²) in [6.45, 7) is 2.16. The van der Waals surface area contributed by atoms with Crippen molar-refractivity contribution in [3.63, 3.8) is 0 Å². The fourth-order valence-corrected chi connectivity index (χ4v) is 3.70. The second-order valence-electron chi connectivity index (χ2n) is 5.94. The summed E-state index contributed by atoms with van der Waals surface area (Å²) in [5, 5.41) is 10.8. The molecule has 0 aliphatic heterocycles. The van der Waals surface area contributed by atoms with Crippen LogP contribution in [0.5, 0.6) is 0 Å². The maximum Gasteiger partial charge on any atom is 0.209 e. The van der Waals surface area contributed by atoms with Crippen molar-refractivity contribution >= 4 is 22.5 Å². The van der Waals surface area contributed by atoms with Gasteiger partial charge in [-0.25, -0.2) is 4.98 Å². The van der Waals surface area contributed by atoms with Crippen LogP contribution >= 0.6 is 11.8 Å². The Balaban J connectivity index is 1.51. The van der Waals surface area contributed by atoms with Gasteiger partial charge in [0.1, 0.15) is 0 Å². The molecule has 25 heavy (non-hydrogen) atoms. The second-order valence-corrected chi connectivity index (χ2v) is 6.89. The summed E-state index contributed by atoms with van der Waals surface area (Å²) in [6, 6.07) is 23.4. The van der Waals surface area contributed by atoms with Gasteiger partial charge < -0.3 is 0 Å². The predicted molar refractivity (Wildman–Crippen MR) is 105 cm³/mol. The van der Waals surface area contributed by atoms with Gasteiger partial charge in [-0.15, -0.1) is 5.10 Å². The molecule has 3 nitrogen and oxygen atoms in total. The van der Waals surface area contributed by atoms with Crippen LogP contribution in [0.1, 0.15) is 18.1 Å². The number of fused-ring (bicyclic) bond motifs is 1. The van der Waals surface area contributed by atoms with Crippen LogP contribution in [0.25, 0.3) is 22.2 Å². The van der Waals surface area contributed by atoms with Gasteiger partial charge in [-0.1, -0.05) is 85.4 Å². The SMILES string of the molecule is CCc1ccc(-c2nc(SCc3cccc4ccccc34)n[nH]2)cc1. The first-order chi connectivity index (χ1) is 12.3. The van der Waals surface area contributed by atoms with Gasteiger partial charge in [0, 0.05) is 11.3 Å². The summed E-state index contributed by atoms with van der Waals surface area (Å²) in [5.41, 5.74) is 3.71. The van der Waals surface area contributed by atoms with Crippen molar-refractivity contribution in [2.75, 3.05) is 0 Å². The second kappa shape index (κ2) is 7.11. The minimum atomic E-state index is 0.780. The number of aryl methyl sites for hydroxylation is 1. The quantitative estimate of drug-likeness (QED) is 0.487. The molecule has 0 radical (unpaired) electrons. The molecule has 0 saturated heterocycles. The number of H-pyrrole nitrogens is 1. The van der Waals surface area contributed by atoms with Gasteiger partial charge in [0.15, 0.2) is 5.82 Å². The third-order valence-corrected chi connectivity index (χ3v) is 5.23. The Kier molecular flexibility index (Phi) is 4.53. The lowest BCUT2D eigenvalue weighted by atomic mass is 10.1. The normalized spacial score (nSPS) is 11.1. The van der Waals surface area contributed by atoms with Crippen molar-refractivity contribution in [2.24, 2.45) is 0 Å². The zero-order valence-electron chi connectivity index (χ0n) is 14.1. The Labute approximate surface area is 151 Å². The lowest BCUT2D eigenvalue weighted by Gasteiger charge is -2.04. The van der Waals surface area contributed by atoms with Crippen LogP contribution < -0.4 is 0 Å². The summed E-state index contributed by atoms with van der Waals surface area (Å²) in [5.74, 6) is 1.68. The Hall–Kier alpha value is -2.59. The van der Waals surface area contributed by atoms with Crippen LogP contribution in [-0.2, 0) is 12.2 Å². The van der Waals surface area contributed by atoms with E-state index in [0.29, 0.717) is 0 Å². The van der Waals surface area contributed by atoms with E-state index in [0.717, 1.165) is 28.7 Å². The van der Waals surface area contributed by atoms with E-state index < -0.39 is 0 Å². The summed E-state index contributed by atoms with van der Waals surface area (Å²) in [6.07, 6.45) is 1.04. The smallest absolute Gasteiger partial charge is 0.209 e. The lowest BCUT2D eigenvalue weighted by molar-refractivity contribution is 0.973. The summed E-state index contributed by atoms with van der Waals surface area (Å²) in [4.78, 5) is 4.63. The van der Waals surface area contributed by atoms with Crippen LogP contribution in [0.4, 0.5) is 0 Å². The standard InChI is InChI=1S/C21H19N3S/c1-2-15-10-12-17(13-11-15)20-22-21(24-23-20)25-14-18-8-5-7-16-6-3-4-9-19(16)18/h3-13H,2,14H2,1H3,(H,22,23,24). The zero-order chi connectivity index (χ0) is 17.1. The first-order valence-corrected chi connectivity index (χ1v) is 9.43. The van der Waals surface area contributed by atoms with Gasteiger partial charge in [-0.05, 0) is 28.3 Å². The predicted octanol–water partition coefficient (Wildman–Crippen LogP) is 5.48.